The van der Waals surface area contributed by atoms with Crippen LogP contribution in [0.15, 0.2) is 24.3 Å². The van der Waals surface area contributed by atoms with E-state index < -0.39 is 11.4 Å². The van der Waals surface area contributed by atoms with Crippen LogP contribution in [0.5, 0.6) is 5.75 Å². The van der Waals surface area contributed by atoms with Crippen molar-refractivity contribution in [3.05, 3.63) is 29.3 Å². The molecule has 0 aliphatic heterocycles. The second kappa shape index (κ2) is 3.98. The Balaban J connectivity index is 1.96. The second-order valence-electron chi connectivity index (χ2n) is 4.44. The monoisotopic (exact) mass is 240 g/mol. The van der Waals surface area contributed by atoms with Gasteiger partial charge in [0.25, 0.3) is 0 Å². The molecule has 1 N–H and O–H groups in total. The molecule has 86 valence electrons. The quantitative estimate of drug-likeness (QED) is 0.884. The number of hydrogen-bond donors (Lipinski definition) is 1. The molecule has 16 heavy (non-hydrogen) atoms. The number of para-hydroxylation sites is 1. The predicted octanol–water partition coefficient (Wildman–Crippen LogP) is 2.97. The SMILES string of the molecule is CC1(C(=O)O)CC(Oc2ccccc2Cl)C1. The summed E-state index contributed by atoms with van der Waals surface area (Å²) in [6.45, 7) is 1.74. The lowest BCUT2D eigenvalue weighted by atomic mass is 9.68. The Morgan fingerprint density at radius 2 is 2.12 bits per heavy atom. The van der Waals surface area contributed by atoms with Crippen molar-refractivity contribution in [1.82, 2.24) is 0 Å². The summed E-state index contributed by atoms with van der Waals surface area (Å²) in [6, 6.07) is 7.22. The molecule has 0 heterocycles. The maximum atomic E-state index is 10.9. The number of aliphatic carboxylic acids is 1. The van der Waals surface area contributed by atoms with Crippen molar-refractivity contribution in [2.24, 2.45) is 5.41 Å². The minimum atomic E-state index is -0.758. The minimum absolute atomic E-state index is 0.0407. The van der Waals surface area contributed by atoms with E-state index in [1.165, 1.54) is 0 Å². The number of ether oxygens (including phenoxy) is 1. The highest BCUT2D eigenvalue weighted by atomic mass is 35.5. The number of benzene rings is 1. The third kappa shape index (κ3) is 2.00. The van der Waals surface area contributed by atoms with Crippen LogP contribution in [0.2, 0.25) is 5.02 Å². The van der Waals surface area contributed by atoms with Gasteiger partial charge in [0.2, 0.25) is 0 Å². The topological polar surface area (TPSA) is 46.5 Å². The molecule has 0 bridgehead atoms. The van der Waals surface area contributed by atoms with E-state index in [-0.39, 0.29) is 6.10 Å². The molecule has 1 aromatic carbocycles. The number of carbonyl (C=O) groups is 1. The Labute approximate surface area is 99.0 Å². The van der Waals surface area contributed by atoms with Gasteiger partial charge in [0.05, 0.1) is 10.4 Å². The molecule has 1 aromatic rings. The van der Waals surface area contributed by atoms with Gasteiger partial charge in [0.1, 0.15) is 11.9 Å². The minimum Gasteiger partial charge on any atom is -0.489 e. The lowest BCUT2D eigenvalue weighted by Crippen LogP contribution is -2.47. The molecule has 1 fully saturated rings. The summed E-state index contributed by atoms with van der Waals surface area (Å²) < 4.78 is 5.63. The average molecular weight is 241 g/mol. The largest absolute Gasteiger partial charge is 0.489 e. The zero-order chi connectivity index (χ0) is 11.8. The van der Waals surface area contributed by atoms with E-state index in [0.717, 1.165) is 0 Å². The van der Waals surface area contributed by atoms with Gasteiger partial charge in [-0.1, -0.05) is 23.7 Å². The molecule has 0 unspecified atom stereocenters. The van der Waals surface area contributed by atoms with E-state index in [9.17, 15) is 4.79 Å². The summed E-state index contributed by atoms with van der Waals surface area (Å²) in [7, 11) is 0. The van der Waals surface area contributed by atoms with Gasteiger partial charge in [-0.05, 0) is 19.1 Å². The van der Waals surface area contributed by atoms with Crippen LogP contribution in [0, 0.1) is 5.41 Å². The van der Waals surface area contributed by atoms with E-state index in [1.807, 2.05) is 12.1 Å². The Hall–Kier alpha value is -1.22. The van der Waals surface area contributed by atoms with Gasteiger partial charge in [-0.15, -0.1) is 0 Å². The number of carboxylic acids is 1. The van der Waals surface area contributed by atoms with Crippen LogP contribution >= 0.6 is 11.6 Å². The highest BCUT2D eigenvalue weighted by Gasteiger charge is 2.47. The Morgan fingerprint density at radius 1 is 1.50 bits per heavy atom. The van der Waals surface area contributed by atoms with Gasteiger partial charge < -0.3 is 9.84 Å². The molecule has 2 rings (SSSR count). The van der Waals surface area contributed by atoms with Crippen molar-refractivity contribution in [3.8, 4) is 5.75 Å². The molecule has 4 heteroatoms. The van der Waals surface area contributed by atoms with Crippen LogP contribution in [-0.2, 0) is 4.79 Å². The fraction of sp³-hybridized carbons (Fsp3) is 0.417. The number of rotatable bonds is 3. The smallest absolute Gasteiger partial charge is 0.309 e. The summed E-state index contributed by atoms with van der Waals surface area (Å²) >= 11 is 5.94. The second-order valence-corrected chi connectivity index (χ2v) is 4.85. The molecular formula is C12H13ClO3. The van der Waals surface area contributed by atoms with Gasteiger partial charge in [-0.25, -0.2) is 0 Å². The maximum Gasteiger partial charge on any atom is 0.309 e. The highest BCUT2D eigenvalue weighted by Crippen LogP contribution is 2.43. The molecular weight excluding hydrogens is 228 g/mol. The van der Waals surface area contributed by atoms with Gasteiger partial charge >= 0.3 is 5.97 Å². The van der Waals surface area contributed by atoms with E-state index >= 15 is 0 Å². The van der Waals surface area contributed by atoms with E-state index in [1.54, 1.807) is 19.1 Å². The maximum absolute atomic E-state index is 10.9. The van der Waals surface area contributed by atoms with Gasteiger partial charge in [-0.2, -0.15) is 0 Å². The third-order valence-electron chi connectivity index (χ3n) is 3.00. The first kappa shape index (κ1) is 11.3. The first-order chi connectivity index (χ1) is 7.51. The van der Waals surface area contributed by atoms with Crippen molar-refractivity contribution in [1.29, 1.82) is 0 Å². The summed E-state index contributed by atoms with van der Waals surface area (Å²) in [4.78, 5) is 10.9. The van der Waals surface area contributed by atoms with E-state index in [4.69, 9.17) is 21.4 Å². The number of halogens is 1. The van der Waals surface area contributed by atoms with Crippen molar-refractivity contribution in [3.63, 3.8) is 0 Å². The zero-order valence-corrected chi connectivity index (χ0v) is 9.70. The fourth-order valence-corrected chi connectivity index (χ4v) is 2.10. The van der Waals surface area contributed by atoms with Crippen LogP contribution in [0.4, 0.5) is 0 Å². The van der Waals surface area contributed by atoms with Crippen molar-refractivity contribution in [2.75, 3.05) is 0 Å². The first-order valence-electron chi connectivity index (χ1n) is 5.16. The van der Waals surface area contributed by atoms with Crippen molar-refractivity contribution >= 4 is 17.6 Å². The van der Waals surface area contributed by atoms with Crippen LogP contribution in [0.1, 0.15) is 19.8 Å². The molecule has 0 spiro atoms. The van der Waals surface area contributed by atoms with Crippen LogP contribution in [0.3, 0.4) is 0 Å². The molecule has 3 nitrogen and oxygen atoms in total. The Kier molecular flexibility index (Phi) is 2.80. The van der Waals surface area contributed by atoms with Gasteiger partial charge in [0, 0.05) is 12.8 Å². The normalized spacial score (nSPS) is 28.2. The highest BCUT2D eigenvalue weighted by molar-refractivity contribution is 6.32. The lowest BCUT2D eigenvalue weighted by molar-refractivity contribution is -0.159. The number of hydrogen-bond acceptors (Lipinski definition) is 2. The fourth-order valence-electron chi connectivity index (χ4n) is 1.92. The summed E-state index contributed by atoms with van der Waals surface area (Å²) in [5, 5.41) is 9.51. The van der Waals surface area contributed by atoms with E-state index in [2.05, 4.69) is 0 Å². The molecule has 0 atom stereocenters. The van der Waals surface area contributed by atoms with Gasteiger partial charge in [-0.3, -0.25) is 4.79 Å². The van der Waals surface area contributed by atoms with Crippen LogP contribution in [0.25, 0.3) is 0 Å². The predicted molar refractivity (Wildman–Crippen MR) is 60.8 cm³/mol. The van der Waals surface area contributed by atoms with Crippen LogP contribution in [-0.4, -0.2) is 17.2 Å². The summed E-state index contributed by atoms with van der Waals surface area (Å²) in [6.07, 6.45) is 1.03. The van der Waals surface area contributed by atoms with Crippen molar-refractivity contribution < 1.29 is 14.6 Å². The van der Waals surface area contributed by atoms with E-state index in [0.29, 0.717) is 23.6 Å². The Morgan fingerprint density at radius 3 is 2.69 bits per heavy atom. The zero-order valence-electron chi connectivity index (χ0n) is 8.94. The molecule has 0 saturated heterocycles. The standard InChI is InChI=1S/C12H13ClO3/c1-12(11(14)15)6-8(7-12)16-10-5-3-2-4-9(10)13/h2-5,8H,6-7H2,1H3,(H,14,15). The summed E-state index contributed by atoms with van der Waals surface area (Å²) in [5.74, 6) is -0.131. The summed E-state index contributed by atoms with van der Waals surface area (Å²) in [5.41, 5.74) is -0.633. The third-order valence-corrected chi connectivity index (χ3v) is 3.32. The molecule has 0 radical (unpaired) electrons. The molecule has 1 aliphatic rings. The molecule has 0 aromatic heterocycles. The van der Waals surface area contributed by atoms with Crippen LogP contribution < -0.4 is 4.74 Å². The lowest BCUT2D eigenvalue weighted by Gasteiger charge is -2.41. The average Bonchev–Trinajstić information content (AvgIpc) is 2.18. The Bertz CT molecular complexity index is 410. The molecule has 1 aliphatic carbocycles. The molecule has 1 saturated carbocycles. The van der Waals surface area contributed by atoms with Crippen molar-refractivity contribution in [2.45, 2.75) is 25.9 Å². The first-order valence-corrected chi connectivity index (χ1v) is 5.54. The molecule has 0 amide bonds. The number of carboxylic acid groups (broad SMARTS) is 1. The van der Waals surface area contributed by atoms with Gasteiger partial charge in [0.15, 0.2) is 0 Å².